The van der Waals surface area contributed by atoms with Gasteiger partial charge in [-0.25, -0.2) is 0 Å². The second-order valence-electron chi connectivity index (χ2n) is 5.12. The number of benzene rings is 1. The van der Waals surface area contributed by atoms with E-state index < -0.39 is 0 Å². The topological polar surface area (TPSA) is 60.1 Å². The van der Waals surface area contributed by atoms with Crippen LogP contribution in [-0.4, -0.2) is 15.7 Å². The number of nitrogens with one attached hydrogen (secondary N) is 1. The molecule has 0 saturated carbocycles. The van der Waals surface area contributed by atoms with Crippen LogP contribution in [0.25, 0.3) is 11.5 Å². The molecule has 5 nitrogen and oxygen atoms in total. The van der Waals surface area contributed by atoms with Crippen LogP contribution in [0.2, 0.25) is 0 Å². The van der Waals surface area contributed by atoms with Crippen LogP contribution in [0.5, 0.6) is 0 Å². The van der Waals surface area contributed by atoms with Crippen molar-refractivity contribution in [1.82, 2.24) is 15.1 Å². The molecule has 5 heteroatoms. The summed E-state index contributed by atoms with van der Waals surface area (Å²) in [5, 5.41) is 7.30. The summed E-state index contributed by atoms with van der Waals surface area (Å²) in [6, 6.07) is 15.1. The number of amides is 1. The van der Waals surface area contributed by atoms with Gasteiger partial charge >= 0.3 is 0 Å². The molecule has 0 radical (unpaired) electrons. The van der Waals surface area contributed by atoms with E-state index in [9.17, 15) is 4.79 Å². The molecule has 0 saturated heterocycles. The fraction of sp³-hybridized carbons (Fsp3) is 0.176. The number of hydrogen-bond donors (Lipinski definition) is 1. The Morgan fingerprint density at radius 2 is 2.00 bits per heavy atom. The maximum absolute atomic E-state index is 12.4. The van der Waals surface area contributed by atoms with Gasteiger partial charge in [0.1, 0.15) is 11.4 Å². The molecule has 0 aliphatic rings. The van der Waals surface area contributed by atoms with Crippen molar-refractivity contribution in [3.8, 4) is 11.5 Å². The molecule has 0 bridgehead atoms. The summed E-state index contributed by atoms with van der Waals surface area (Å²) in [5.74, 6) is 0.481. The molecule has 0 aliphatic carbocycles. The van der Waals surface area contributed by atoms with Crippen molar-refractivity contribution in [1.29, 1.82) is 0 Å². The minimum Gasteiger partial charge on any atom is -0.463 e. The smallest absolute Gasteiger partial charge is 0.270 e. The van der Waals surface area contributed by atoms with Crippen molar-refractivity contribution >= 4 is 5.91 Å². The normalized spacial score (nSPS) is 12.1. The minimum atomic E-state index is -0.163. The number of carbonyl (C=O) groups is 1. The van der Waals surface area contributed by atoms with Gasteiger partial charge in [-0.05, 0) is 24.6 Å². The first-order valence-electron chi connectivity index (χ1n) is 7.09. The highest BCUT2D eigenvalue weighted by Gasteiger charge is 2.17. The Hall–Kier alpha value is -2.82. The fourth-order valence-corrected chi connectivity index (χ4v) is 2.32. The quantitative estimate of drug-likeness (QED) is 0.804. The average Bonchev–Trinajstić information content (AvgIpc) is 3.17. The lowest BCUT2D eigenvalue weighted by Crippen LogP contribution is -2.28. The third-order valence-electron chi connectivity index (χ3n) is 3.53. The Morgan fingerprint density at radius 3 is 2.68 bits per heavy atom. The summed E-state index contributed by atoms with van der Waals surface area (Å²) in [4.78, 5) is 12.4. The van der Waals surface area contributed by atoms with Crippen LogP contribution in [-0.2, 0) is 7.05 Å². The van der Waals surface area contributed by atoms with Crippen LogP contribution in [0, 0.1) is 0 Å². The van der Waals surface area contributed by atoms with Crippen LogP contribution >= 0.6 is 0 Å². The van der Waals surface area contributed by atoms with Crippen molar-refractivity contribution in [2.45, 2.75) is 13.0 Å². The third kappa shape index (κ3) is 2.79. The first kappa shape index (κ1) is 14.1. The molecule has 3 aromatic rings. The Kier molecular flexibility index (Phi) is 3.78. The van der Waals surface area contributed by atoms with Gasteiger partial charge in [0.05, 0.1) is 12.3 Å². The summed E-state index contributed by atoms with van der Waals surface area (Å²) in [7, 11) is 1.74. The zero-order valence-corrected chi connectivity index (χ0v) is 12.5. The summed E-state index contributed by atoms with van der Waals surface area (Å²) >= 11 is 0. The standard InChI is InChI=1S/C17H17N3O2/c1-12(13-7-4-3-5-8-13)18-17(21)15-11-14(19-20(15)2)16-9-6-10-22-16/h3-12H,1-2H3,(H,18,21)/t12-/m1/s1. The molecular weight excluding hydrogens is 278 g/mol. The Labute approximate surface area is 128 Å². The predicted octanol–water partition coefficient (Wildman–Crippen LogP) is 3.17. The van der Waals surface area contributed by atoms with E-state index in [2.05, 4.69) is 10.4 Å². The van der Waals surface area contributed by atoms with Crippen molar-refractivity contribution in [3.05, 3.63) is 66.1 Å². The SMILES string of the molecule is C[C@@H](NC(=O)c1cc(-c2ccco2)nn1C)c1ccccc1. The molecule has 1 aromatic carbocycles. The van der Waals surface area contributed by atoms with Crippen molar-refractivity contribution in [2.24, 2.45) is 7.05 Å². The minimum absolute atomic E-state index is 0.0735. The van der Waals surface area contributed by atoms with Crippen LogP contribution < -0.4 is 5.32 Å². The molecule has 0 spiro atoms. The monoisotopic (exact) mass is 295 g/mol. The number of rotatable bonds is 4. The van der Waals surface area contributed by atoms with E-state index >= 15 is 0 Å². The molecule has 1 amide bonds. The Bertz CT molecular complexity index is 761. The van der Waals surface area contributed by atoms with E-state index in [1.165, 1.54) is 0 Å². The predicted molar refractivity (Wildman–Crippen MR) is 83.2 cm³/mol. The molecular formula is C17H17N3O2. The number of carbonyl (C=O) groups excluding carboxylic acids is 1. The number of aromatic nitrogens is 2. The molecule has 3 rings (SSSR count). The second kappa shape index (κ2) is 5.89. The van der Waals surface area contributed by atoms with E-state index in [0.29, 0.717) is 17.1 Å². The fourth-order valence-electron chi connectivity index (χ4n) is 2.32. The molecule has 0 unspecified atom stereocenters. The van der Waals surface area contributed by atoms with Gasteiger partial charge in [0.25, 0.3) is 5.91 Å². The van der Waals surface area contributed by atoms with Gasteiger partial charge in [0, 0.05) is 13.1 Å². The van der Waals surface area contributed by atoms with E-state index in [-0.39, 0.29) is 11.9 Å². The zero-order valence-electron chi connectivity index (χ0n) is 12.5. The number of aryl methyl sites for hydroxylation is 1. The first-order chi connectivity index (χ1) is 10.6. The van der Waals surface area contributed by atoms with Gasteiger partial charge < -0.3 is 9.73 Å². The van der Waals surface area contributed by atoms with Crippen molar-refractivity contribution in [2.75, 3.05) is 0 Å². The average molecular weight is 295 g/mol. The third-order valence-corrected chi connectivity index (χ3v) is 3.53. The highest BCUT2D eigenvalue weighted by molar-refractivity contribution is 5.93. The largest absolute Gasteiger partial charge is 0.463 e. The summed E-state index contributed by atoms with van der Waals surface area (Å²) in [5.41, 5.74) is 2.20. The maximum atomic E-state index is 12.4. The second-order valence-corrected chi connectivity index (χ2v) is 5.12. The molecule has 1 N–H and O–H groups in total. The van der Waals surface area contributed by atoms with E-state index in [4.69, 9.17) is 4.42 Å². The van der Waals surface area contributed by atoms with Crippen LogP contribution in [0.3, 0.4) is 0 Å². The Morgan fingerprint density at radius 1 is 1.23 bits per heavy atom. The summed E-state index contributed by atoms with van der Waals surface area (Å²) in [6.07, 6.45) is 1.58. The van der Waals surface area contributed by atoms with Gasteiger partial charge in [0.2, 0.25) is 0 Å². The highest BCUT2D eigenvalue weighted by Crippen LogP contribution is 2.20. The van der Waals surface area contributed by atoms with Gasteiger partial charge in [0.15, 0.2) is 5.76 Å². The maximum Gasteiger partial charge on any atom is 0.270 e. The Balaban J connectivity index is 1.78. The van der Waals surface area contributed by atoms with Crippen molar-refractivity contribution < 1.29 is 9.21 Å². The lowest BCUT2D eigenvalue weighted by Gasteiger charge is -2.14. The summed E-state index contributed by atoms with van der Waals surface area (Å²) in [6.45, 7) is 1.96. The van der Waals surface area contributed by atoms with Gasteiger partial charge in [-0.3, -0.25) is 9.48 Å². The number of furan rings is 1. The number of nitrogens with zero attached hydrogens (tertiary/aromatic N) is 2. The van der Waals surface area contributed by atoms with Crippen molar-refractivity contribution in [3.63, 3.8) is 0 Å². The lowest BCUT2D eigenvalue weighted by atomic mass is 10.1. The molecule has 0 aliphatic heterocycles. The van der Waals surface area contributed by atoms with Gasteiger partial charge in [-0.2, -0.15) is 5.10 Å². The number of hydrogen-bond acceptors (Lipinski definition) is 3. The molecule has 112 valence electrons. The van der Waals surface area contributed by atoms with E-state index in [1.54, 1.807) is 30.1 Å². The molecule has 2 aromatic heterocycles. The van der Waals surface area contributed by atoms with E-state index in [1.807, 2.05) is 43.3 Å². The highest BCUT2D eigenvalue weighted by atomic mass is 16.3. The lowest BCUT2D eigenvalue weighted by molar-refractivity contribution is 0.0930. The zero-order chi connectivity index (χ0) is 15.5. The van der Waals surface area contributed by atoms with Gasteiger partial charge in [-0.1, -0.05) is 30.3 Å². The van der Waals surface area contributed by atoms with E-state index in [0.717, 1.165) is 5.56 Å². The molecule has 1 atom stereocenters. The molecule has 0 fully saturated rings. The van der Waals surface area contributed by atoms with Crippen LogP contribution in [0.1, 0.15) is 29.0 Å². The van der Waals surface area contributed by atoms with Crippen LogP contribution in [0.15, 0.2) is 59.2 Å². The molecule has 22 heavy (non-hydrogen) atoms. The first-order valence-corrected chi connectivity index (χ1v) is 7.09. The van der Waals surface area contributed by atoms with Crippen LogP contribution in [0.4, 0.5) is 0 Å². The van der Waals surface area contributed by atoms with Gasteiger partial charge in [-0.15, -0.1) is 0 Å². The summed E-state index contributed by atoms with van der Waals surface area (Å²) < 4.78 is 6.87. The molecule has 2 heterocycles.